The minimum absolute atomic E-state index is 0.197. The van der Waals surface area contributed by atoms with Gasteiger partial charge in [-0.25, -0.2) is 8.42 Å². The monoisotopic (exact) mass is 272 g/mol. The molecule has 6 nitrogen and oxygen atoms in total. The van der Waals surface area contributed by atoms with Gasteiger partial charge in [-0.1, -0.05) is 5.21 Å². The highest BCUT2D eigenvalue weighted by Crippen LogP contribution is 2.27. The summed E-state index contributed by atoms with van der Waals surface area (Å²) in [6, 6.07) is 0. The van der Waals surface area contributed by atoms with Gasteiger partial charge in [0.1, 0.15) is 9.84 Å². The molecule has 102 valence electrons. The third-order valence-corrected chi connectivity index (χ3v) is 3.95. The van der Waals surface area contributed by atoms with Crippen LogP contribution in [0, 0.1) is 5.92 Å². The zero-order chi connectivity index (χ0) is 13.0. The average Bonchev–Trinajstić information content (AvgIpc) is 2.97. The van der Waals surface area contributed by atoms with Crippen LogP contribution in [-0.4, -0.2) is 42.0 Å². The minimum atomic E-state index is -2.88. The first-order chi connectivity index (χ1) is 8.53. The number of sulfone groups is 1. The average molecular weight is 272 g/mol. The van der Waals surface area contributed by atoms with Crippen molar-refractivity contribution >= 4 is 9.84 Å². The van der Waals surface area contributed by atoms with Crippen molar-refractivity contribution in [3.8, 4) is 0 Å². The van der Waals surface area contributed by atoms with Gasteiger partial charge in [-0.05, 0) is 31.7 Å². The number of nitrogens with zero attached hydrogens (tertiary/aromatic N) is 3. The van der Waals surface area contributed by atoms with Gasteiger partial charge < -0.3 is 5.32 Å². The predicted molar refractivity (Wildman–Crippen MR) is 68.8 cm³/mol. The van der Waals surface area contributed by atoms with E-state index in [2.05, 4.69) is 15.6 Å². The van der Waals surface area contributed by atoms with Gasteiger partial charge in [-0.15, -0.1) is 5.10 Å². The topological polar surface area (TPSA) is 76.9 Å². The first-order valence-electron chi connectivity index (χ1n) is 6.30. The SMILES string of the molecule is CS(=O)(=O)CCCn1cc(CNCC2CC2)nn1. The van der Waals surface area contributed by atoms with Crippen molar-refractivity contribution in [1.29, 1.82) is 0 Å². The molecule has 1 aromatic rings. The van der Waals surface area contributed by atoms with Gasteiger partial charge in [0.15, 0.2) is 0 Å². The van der Waals surface area contributed by atoms with E-state index in [4.69, 9.17) is 0 Å². The van der Waals surface area contributed by atoms with E-state index >= 15 is 0 Å². The molecule has 0 aliphatic heterocycles. The van der Waals surface area contributed by atoms with Crippen molar-refractivity contribution in [3.63, 3.8) is 0 Å². The second-order valence-electron chi connectivity index (χ2n) is 5.03. The van der Waals surface area contributed by atoms with E-state index in [0.29, 0.717) is 13.0 Å². The van der Waals surface area contributed by atoms with Crippen molar-refractivity contribution in [2.75, 3.05) is 18.6 Å². The Morgan fingerprint density at radius 2 is 2.28 bits per heavy atom. The molecule has 2 rings (SSSR count). The van der Waals surface area contributed by atoms with E-state index in [9.17, 15) is 8.42 Å². The van der Waals surface area contributed by atoms with Gasteiger partial charge in [-0.3, -0.25) is 4.68 Å². The summed E-state index contributed by atoms with van der Waals surface area (Å²) in [6.45, 7) is 2.40. The maximum Gasteiger partial charge on any atom is 0.147 e. The van der Waals surface area contributed by atoms with E-state index in [1.54, 1.807) is 4.68 Å². The molecule has 0 unspecified atom stereocenters. The smallest absolute Gasteiger partial charge is 0.147 e. The van der Waals surface area contributed by atoms with Crippen LogP contribution in [0.15, 0.2) is 6.20 Å². The lowest BCUT2D eigenvalue weighted by Gasteiger charge is -1.99. The molecule has 0 aromatic carbocycles. The number of rotatable bonds is 8. The molecule has 0 atom stereocenters. The van der Waals surface area contributed by atoms with Crippen LogP contribution in [0.2, 0.25) is 0 Å². The zero-order valence-corrected chi connectivity index (χ0v) is 11.5. The molecule has 0 spiro atoms. The molecule has 0 amide bonds. The summed E-state index contributed by atoms with van der Waals surface area (Å²) in [5.74, 6) is 1.05. The number of aromatic nitrogens is 3. The summed E-state index contributed by atoms with van der Waals surface area (Å²) in [5, 5.41) is 11.4. The lowest BCUT2D eigenvalue weighted by atomic mass is 10.4. The molecule has 1 N–H and O–H groups in total. The fraction of sp³-hybridized carbons (Fsp3) is 0.818. The Morgan fingerprint density at radius 3 is 2.94 bits per heavy atom. The Labute approximate surface area is 108 Å². The van der Waals surface area contributed by atoms with Crippen LogP contribution < -0.4 is 5.32 Å². The highest BCUT2D eigenvalue weighted by molar-refractivity contribution is 7.90. The van der Waals surface area contributed by atoms with Gasteiger partial charge in [0.2, 0.25) is 0 Å². The summed E-state index contributed by atoms with van der Waals surface area (Å²) in [7, 11) is -2.88. The first-order valence-corrected chi connectivity index (χ1v) is 8.36. The molecule has 1 heterocycles. The minimum Gasteiger partial charge on any atom is -0.311 e. The Hall–Kier alpha value is -0.950. The molecule has 18 heavy (non-hydrogen) atoms. The summed E-state index contributed by atoms with van der Waals surface area (Å²) >= 11 is 0. The summed E-state index contributed by atoms with van der Waals surface area (Å²) < 4.78 is 23.7. The van der Waals surface area contributed by atoms with Crippen molar-refractivity contribution in [3.05, 3.63) is 11.9 Å². The summed E-state index contributed by atoms with van der Waals surface area (Å²) in [4.78, 5) is 0. The molecule has 7 heteroatoms. The predicted octanol–water partition coefficient (Wildman–Crippen LogP) is 0.212. The quantitative estimate of drug-likeness (QED) is 0.732. The van der Waals surface area contributed by atoms with Gasteiger partial charge >= 0.3 is 0 Å². The molecule has 0 saturated heterocycles. The molecule has 1 saturated carbocycles. The van der Waals surface area contributed by atoms with Crippen molar-refractivity contribution in [1.82, 2.24) is 20.3 Å². The second kappa shape index (κ2) is 5.79. The van der Waals surface area contributed by atoms with Gasteiger partial charge in [-0.2, -0.15) is 0 Å². The van der Waals surface area contributed by atoms with E-state index in [1.165, 1.54) is 19.1 Å². The Morgan fingerprint density at radius 1 is 1.50 bits per heavy atom. The van der Waals surface area contributed by atoms with Crippen molar-refractivity contribution in [2.45, 2.75) is 32.4 Å². The zero-order valence-electron chi connectivity index (χ0n) is 10.7. The van der Waals surface area contributed by atoms with Crippen LogP contribution in [0.5, 0.6) is 0 Å². The second-order valence-corrected chi connectivity index (χ2v) is 7.29. The van der Waals surface area contributed by atoms with E-state index in [-0.39, 0.29) is 5.75 Å². The summed E-state index contributed by atoms with van der Waals surface area (Å²) in [6.07, 6.45) is 6.39. The highest BCUT2D eigenvalue weighted by atomic mass is 32.2. The number of aryl methyl sites for hydroxylation is 1. The molecular weight excluding hydrogens is 252 g/mol. The standard InChI is InChI=1S/C11H20N4O2S/c1-18(16,17)6-2-5-15-9-11(13-14-15)8-12-7-10-3-4-10/h9-10,12H,2-8H2,1H3. The number of hydrogen-bond acceptors (Lipinski definition) is 5. The van der Waals surface area contributed by atoms with Gasteiger partial charge in [0.05, 0.1) is 11.4 Å². The first kappa shape index (κ1) is 13.5. The Kier molecular flexibility index (Phi) is 4.34. The number of nitrogens with one attached hydrogen (secondary N) is 1. The van der Waals surface area contributed by atoms with Crippen LogP contribution in [0.1, 0.15) is 25.0 Å². The normalized spacial score (nSPS) is 16.1. The van der Waals surface area contributed by atoms with Crippen LogP contribution in [0.4, 0.5) is 0 Å². The highest BCUT2D eigenvalue weighted by Gasteiger charge is 2.20. The van der Waals surface area contributed by atoms with E-state index < -0.39 is 9.84 Å². The maximum absolute atomic E-state index is 11.0. The molecular formula is C11H20N4O2S. The third-order valence-electron chi connectivity index (χ3n) is 2.92. The Bertz CT molecular complexity index is 479. The van der Waals surface area contributed by atoms with Gasteiger partial charge in [0.25, 0.3) is 0 Å². The number of hydrogen-bond donors (Lipinski definition) is 1. The van der Waals surface area contributed by atoms with Crippen molar-refractivity contribution < 1.29 is 8.42 Å². The lowest BCUT2D eigenvalue weighted by molar-refractivity contribution is 0.564. The summed E-state index contributed by atoms with van der Waals surface area (Å²) in [5.41, 5.74) is 0.912. The lowest BCUT2D eigenvalue weighted by Crippen LogP contribution is -2.16. The molecule has 0 bridgehead atoms. The fourth-order valence-corrected chi connectivity index (χ4v) is 2.40. The maximum atomic E-state index is 11.0. The van der Waals surface area contributed by atoms with Crippen LogP contribution >= 0.6 is 0 Å². The Balaban J connectivity index is 1.68. The molecule has 1 aliphatic carbocycles. The molecule has 0 radical (unpaired) electrons. The third kappa shape index (κ3) is 5.14. The largest absolute Gasteiger partial charge is 0.311 e. The van der Waals surface area contributed by atoms with E-state index in [1.807, 2.05) is 6.20 Å². The fourth-order valence-electron chi connectivity index (χ4n) is 1.74. The van der Waals surface area contributed by atoms with Crippen LogP contribution in [-0.2, 0) is 22.9 Å². The van der Waals surface area contributed by atoms with Crippen LogP contribution in [0.3, 0.4) is 0 Å². The molecule has 1 fully saturated rings. The van der Waals surface area contributed by atoms with Gasteiger partial charge in [0, 0.05) is 25.5 Å². The molecule has 1 aliphatic rings. The molecule has 1 aromatic heterocycles. The van der Waals surface area contributed by atoms with E-state index in [0.717, 1.165) is 24.7 Å². The van der Waals surface area contributed by atoms with Crippen LogP contribution in [0.25, 0.3) is 0 Å². The van der Waals surface area contributed by atoms with Crippen molar-refractivity contribution in [2.24, 2.45) is 5.92 Å².